The molecule has 0 unspecified atom stereocenters. The topological polar surface area (TPSA) is 18.5 Å². The first-order valence-electron chi connectivity index (χ1n) is 8.19. The Bertz CT molecular complexity index is 292. The highest BCUT2D eigenvalue weighted by atomic mass is 15.3. The van der Waals surface area contributed by atoms with E-state index in [0.29, 0.717) is 5.41 Å². The maximum Gasteiger partial charge on any atom is 0.0350 e. The summed E-state index contributed by atoms with van der Waals surface area (Å²) in [6, 6.07) is 0.869. The van der Waals surface area contributed by atoms with Crippen LogP contribution in [0.4, 0.5) is 0 Å². The van der Waals surface area contributed by atoms with Gasteiger partial charge in [0.2, 0.25) is 0 Å². The van der Waals surface area contributed by atoms with Crippen molar-refractivity contribution in [3.8, 4) is 0 Å². The first-order chi connectivity index (χ1) is 9.02. The third-order valence-corrected chi connectivity index (χ3v) is 5.59. The monoisotopic (exact) mass is 265 g/mol. The van der Waals surface area contributed by atoms with Crippen molar-refractivity contribution in [2.45, 2.75) is 39.7 Å². The predicted octanol–water partition coefficient (Wildman–Crippen LogP) is 1.65. The fourth-order valence-electron chi connectivity index (χ4n) is 3.90. The molecule has 3 aliphatic rings. The standard InChI is InChI=1S/C16H31N3/c1-16(2,3)14-4-6-19(7-5-14)15-11-18(12-15)10-13-8-17-9-13/h13-15,17H,4-12H2,1-3H3. The van der Waals surface area contributed by atoms with Crippen molar-refractivity contribution in [2.75, 3.05) is 45.8 Å². The van der Waals surface area contributed by atoms with Gasteiger partial charge in [-0.3, -0.25) is 9.80 Å². The Kier molecular flexibility index (Phi) is 3.89. The number of rotatable bonds is 3. The molecular formula is C16H31N3. The number of nitrogens with one attached hydrogen (secondary N) is 1. The molecule has 0 bridgehead atoms. The largest absolute Gasteiger partial charge is 0.316 e. The van der Waals surface area contributed by atoms with Crippen LogP contribution in [0, 0.1) is 17.3 Å². The normalized spacial score (nSPS) is 29.2. The van der Waals surface area contributed by atoms with Crippen LogP contribution in [0.15, 0.2) is 0 Å². The Hall–Kier alpha value is -0.120. The lowest BCUT2D eigenvalue weighted by Crippen LogP contribution is -2.63. The van der Waals surface area contributed by atoms with Gasteiger partial charge in [0.05, 0.1) is 0 Å². The molecule has 3 heterocycles. The Balaban J connectivity index is 1.36. The van der Waals surface area contributed by atoms with Gasteiger partial charge in [0.1, 0.15) is 0 Å². The molecule has 0 atom stereocenters. The summed E-state index contributed by atoms with van der Waals surface area (Å²) in [5.41, 5.74) is 0.509. The maximum absolute atomic E-state index is 3.37. The second-order valence-corrected chi connectivity index (χ2v) is 8.07. The average Bonchev–Trinajstić information content (AvgIpc) is 2.24. The molecule has 110 valence electrons. The Morgan fingerprint density at radius 2 is 1.68 bits per heavy atom. The molecule has 3 rings (SSSR count). The van der Waals surface area contributed by atoms with Crippen LogP contribution in [0.2, 0.25) is 0 Å². The van der Waals surface area contributed by atoms with Crippen LogP contribution in [-0.2, 0) is 0 Å². The minimum absolute atomic E-state index is 0.509. The fourth-order valence-corrected chi connectivity index (χ4v) is 3.90. The van der Waals surface area contributed by atoms with E-state index >= 15 is 0 Å². The minimum Gasteiger partial charge on any atom is -0.316 e. The first kappa shape index (κ1) is 13.8. The zero-order chi connectivity index (χ0) is 13.5. The molecule has 19 heavy (non-hydrogen) atoms. The van der Waals surface area contributed by atoms with Gasteiger partial charge in [-0.2, -0.15) is 0 Å². The van der Waals surface area contributed by atoms with E-state index < -0.39 is 0 Å². The summed E-state index contributed by atoms with van der Waals surface area (Å²) in [5.74, 6) is 1.87. The van der Waals surface area contributed by atoms with Gasteiger partial charge in [0.25, 0.3) is 0 Å². The first-order valence-corrected chi connectivity index (χ1v) is 8.19. The van der Waals surface area contributed by atoms with Gasteiger partial charge in [-0.25, -0.2) is 0 Å². The van der Waals surface area contributed by atoms with Crippen LogP contribution in [-0.4, -0.2) is 61.7 Å². The van der Waals surface area contributed by atoms with Crippen molar-refractivity contribution in [1.82, 2.24) is 15.1 Å². The molecule has 0 saturated carbocycles. The molecule has 3 aliphatic heterocycles. The number of hydrogen-bond donors (Lipinski definition) is 1. The van der Waals surface area contributed by atoms with Gasteiger partial charge in [-0.1, -0.05) is 20.8 Å². The summed E-state index contributed by atoms with van der Waals surface area (Å²) in [5, 5.41) is 3.37. The van der Waals surface area contributed by atoms with Crippen molar-refractivity contribution in [2.24, 2.45) is 17.3 Å². The molecule has 3 nitrogen and oxygen atoms in total. The molecule has 3 saturated heterocycles. The molecule has 0 spiro atoms. The third-order valence-electron chi connectivity index (χ3n) is 5.59. The molecule has 0 aromatic heterocycles. The van der Waals surface area contributed by atoms with Crippen LogP contribution in [0.1, 0.15) is 33.6 Å². The Labute approximate surface area is 118 Å². The smallest absolute Gasteiger partial charge is 0.0350 e. The molecule has 1 N–H and O–H groups in total. The van der Waals surface area contributed by atoms with Crippen LogP contribution >= 0.6 is 0 Å². The third kappa shape index (κ3) is 3.14. The summed E-state index contributed by atoms with van der Waals surface area (Å²) in [6.07, 6.45) is 2.82. The molecule has 3 fully saturated rings. The minimum atomic E-state index is 0.509. The van der Waals surface area contributed by atoms with Gasteiger partial charge >= 0.3 is 0 Å². The Morgan fingerprint density at radius 1 is 1.05 bits per heavy atom. The lowest BCUT2D eigenvalue weighted by atomic mass is 9.75. The van der Waals surface area contributed by atoms with E-state index in [9.17, 15) is 0 Å². The van der Waals surface area contributed by atoms with E-state index in [2.05, 4.69) is 35.9 Å². The van der Waals surface area contributed by atoms with Gasteiger partial charge in [-0.05, 0) is 43.2 Å². The summed E-state index contributed by atoms with van der Waals surface area (Å²) >= 11 is 0. The van der Waals surface area contributed by atoms with E-state index in [4.69, 9.17) is 0 Å². The zero-order valence-corrected chi connectivity index (χ0v) is 13.0. The van der Waals surface area contributed by atoms with Gasteiger partial charge in [0.15, 0.2) is 0 Å². The highest BCUT2D eigenvalue weighted by Gasteiger charge is 2.37. The van der Waals surface area contributed by atoms with Gasteiger partial charge in [0, 0.05) is 38.8 Å². The molecular weight excluding hydrogens is 234 g/mol. The SMILES string of the molecule is CC(C)(C)C1CCN(C2CN(CC3CNC3)C2)CC1. The van der Waals surface area contributed by atoms with E-state index in [-0.39, 0.29) is 0 Å². The van der Waals surface area contributed by atoms with Crippen molar-refractivity contribution in [3.05, 3.63) is 0 Å². The molecule has 0 radical (unpaired) electrons. The summed E-state index contributed by atoms with van der Waals surface area (Å²) in [7, 11) is 0. The van der Waals surface area contributed by atoms with Crippen molar-refractivity contribution >= 4 is 0 Å². The van der Waals surface area contributed by atoms with Crippen molar-refractivity contribution in [1.29, 1.82) is 0 Å². The molecule has 0 aliphatic carbocycles. The van der Waals surface area contributed by atoms with Crippen LogP contribution in [0.5, 0.6) is 0 Å². The van der Waals surface area contributed by atoms with E-state index in [1.807, 2.05) is 0 Å². The van der Waals surface area contributed by atoms with Crippen molar-refractivity contribution < 1.29 is 0 Å². The lowest BCUT2D eigenvalue weighted by molar-refractivity contribution is -0.00809. The molecule has 3 heteroatoms. The van der Waals surface area contributed by atoms with E-state index in [1.54, 1.807) is 0 Å². The average molecular weight is 265 g/mol. The molecule has 0 aromatic rings. The second-order valence-electron chi connectivity index (χ2n) is 8.07. The summed E-state index contributed by atoms with van der Waals surface area (Å²) < 4.78 is 0. The molecule has 0 amide bonds. The highest BCUT2D eigenvalue weighted by molar-refractivity contribution is 4.93. The predicted molar refractivity (Wildman–Crippen MR) is 80.3 cm³/mol. The number of hydrogen-bond acceptors (Lipinski definition) is 3. The zero-order valence-electron chi connectivity index (χ0n) is 13.0. The number of piperidine rings is 1. The van der Waals surface area contributed by atoms with Crippen molar-refractivity contribution in [3.63, 3.8) is 0 Å². The summed E-state index contributed by atoms with van der Waals surface area (Å²) in [6.45, 7) is 16.4. The van der Waals surface area contributed by atoms with E-state index in [1.165, 1.54) is 58.7 Å². The Morgan fingerprint density at radius 3 is 2.16 bits per heavy atom. The van der Waals surface area contributed by atoms with Gasteiger partial charge in [-0.15, -0.1) is 0 Å². The summed E-state index contributed by atoms with van der Waals surface area (Å²) in [4.78, 5) is 5.42. The second kappa shape index (κ2) is 5.34. The molecule has 0 aromatic carbocycles. The van der Waals surface area contributed by atoms with Crippen LogP contribution in [0.3, 0.4) is 0 Å². The maximum atomic E-state index is 3.37. The lowest BCUT2D eigenvalue weighted by Gasteiger charge is -2.50. The van der Waals surface area contributed by atoms with Crippen LogP contribution < -0.4 is 5.32 Å². The number of likely N-dealkylation sites (tertiary alicyclic amines) is 2. The number of nitrogens with zero attached hydrogens (tertiary/aromatic N) is 2. The van der Waals surface area contributed by atoms with Gasteiger partial charge < -0.3 is 5.32 Å². The van der Waals surface area contributed by atoms with Crippen LogP contribution in [0.25, 0.3) is 0 Å². The van der Waals surface area contributed by atoms with E-state index in [0.717, 1.165) is 17.9 Å². The fraction of sp³-hybridized carbons (Fsp3) is 1.00. The highest BCUT2D eigenvalue weighted by Crippen LogP contribution is 2.35. The quantitative estimate of drug-likeness (QED) is 0.837.